The van der Waals surface area contributed by atoms with E-state index in [4.69, 9.17) is 0 Å². The number of anilines is 4. The van der Waals surface area contributed by atoms with Crippen LogP contribution in [0.3, 0.4) is 0 Å². The summed E-state index contributed by atoms with van der Waals surface area (Å²) in [6.07, 6.45) is 6.73. The lowest BCUT2D eigenvalue weighted by atomic mass is 10.1. The van der Waals surface area contributed by atoms with Crippen LogP contribution in [0.15, 0.2) is 48.9 Å². The predicted molar refractivity (Wildman–Crippen MR) is 113 cm³/mol. The van der Waals surface area contributed by atoms with Gasteiger partial charge in [-0.3, -0.25) is 4.98 Å². The molecule has 0 bridgehead atoms. The van der Waals surface area contributed by atoms with Gasteiger partial charge in [0.05, 0.1) is 24.9 Å². The van der Waals surface area contributed by atoms with Crippen LogP contribution in [0.2, 0.25) is 0 Å². The molecule has 2 atom stereocenters. The van der Waals surface area contributed by atoms with E-state index in [0.29, 0.717) is 17.6 Å². The molecule has 3 aromatic rings. The summed E-state index contributed by atoms with van der Waals surface area (Å²) in [7, 11) is 0. The van der Waals surface area contributed by atoms with Crippen LogP contribution in [-0.4, -0.2) is 44.2 Å². The molecule has 0 saturated carbocycles. The molecule has 8 nitrogen and oxygen atoms in total. The summed E-state index contributed by atoms with van der Waals surface area (Å²) in [6, 6.07) is 8.08. The SMILES string of the molecule is C[C@H](Nc1nc(Nc2cnccn2)cc(N2CCC[C@H]2CO)n1)c1ccc(F)cc1. The minimum atomic E-state index is -0.274. The Morgan fingerprint density at radius 1 is 1.20 bits per heavy atom. The fourth-order valence-corrected chi connectivity index (χ4v) is 3.56. The van der Waals surface area contributed by atoms with E-state index in [1.807, 2.05) is 13.0 Å². The fraction of sp³-hybridized carbons (Fsp3) is 0.333. The summed E-state index contributed by atoms with van der Waals surface area (Å²) in [5.41, 5.74) is 0.920. The van der Waals surface area contributed by atoms with Crippen LogP contribution < -0.4 is 15.5 Å². The van der Waals surface area contributed by atoms with Crippen LogP contribution >= 0.6 is 0 Å². The number of rotatable bonds is 7. The first-order valence-corrected chi connectivity index (χ1v) is 9.94. The molecule has 2 aromatic heterocycles. The zero-order valence-corrected chi connectivity index (χ0v) is 16.7. The number of aromatic nitrogens is 4. The maximum Gasteiger partial charge on any atom is 0.227 e. The normalized spacial score (nSPS) is 17.0. The van der Waals surface area contributed by atoms with Crippen LogP contribution in [0.1, 0.15) is 31.4 Å². The Bertz CT molecular complexity index is 971. The van der Waals surface area contributed by atoms with Crippen molar-refractivity contribution in [2.24, 2.45) is 0 Å². The highest BCUT2D eigenvalue weighted by Gasteiger charge is 2.26. The summed E-state index contributed by atoms with van der Waals surface area (Å²) < 4.78 is 13.2. The number of halogens is 1. The summed E-state index contributed by atoms with van der Waals surface area (Å²) >= 11 is 0. The van der Waals surface area contributed by atoms with E-state index in [1.165, 1.54) is 12.1 Å². The van der Waals surface area contributed by atoms with Crippen LogP contribution in [0.25, 0.3) is 0 Å². The van der Waals surface area contributed by atoms with E-state index < -0.39 is 0 Å². The molecule has 1 aromatic carbocycles. The lowest BCUT2D eigenvalue weighted by Crippen LogP contribution is -2.33. The van der Waals surface area contributed by atoms with E-state index in [-0.39, 0.29) is 24.5 Å². The second-order valence-electron chi connectivity index (χ2n) is 7.24. The lowest BCUT2D eigenvalue weighted by molar-refractivity contribution is 0.266. The van der Waals surface area contributed by atoms with E-state index in [2.05, 4.69) is 35.5 Å². The van der Waals surface area contributed by atoms with Gasteiger partial charge in [0.1, 0.15) is 23.3 Å². The minimum absolute atomic E-state index is 0.0339. The van der Waals surface area contributed by atoms with Gasteiger partial charge in [-0.25, -0.2) is 9.37 Å². The van der Waals surface area contributed by atoms with Crippen LogP contribution in [0.5, 0.6) is 0 Å². The first-order valence-electron chi connectivity index (χ1n) is 9.94. The van der Waals surface area contributed by atoms with E-state index in [1.54, 1.807) is 30.7 Å². The highest BCUT2D eigenvalue weighted by Crippen LogP contribution is 2.28. The molecule has 0 amide bonds. The van der Waals surface area contributed by atoms with Crippen molar-refractivity contribution >= 4 is 23.4 Å². The fourth-order valence-electron chi connectivity index (χ4n) is 3.56. The van der Waals surface area contributed by atoms with Gasteiger partial charge in [-0.05, 0) is 37.5 Å². The van der Waals surface area contributed by atoms with Gasteiger partial charge in [0, 0.05) is 25.0 Å². The Kier molecular flexibility index (Phi) is 5.99. The molecule has 0 unspecified atom stereocenters. The molecule has 30 heavy (non-hydrogen) atoms. The van der Waals surface area contributed by atoms with Crippen molar-refractivity contribution in [1.29, 1.82) is 0 Å². The number of hydrogen-bond donors (Lipinski definition) is 3. The molecule has 1 aliphatic heterocycles. The lowest BCUT2D eigenvalue weighted by Gasteiger charge is -2.25. The third-order valence-corrected chi connectivity index (χ3v) is 5.13. The minimum Gasteiger partial charge on any atom is -0.394 e. The molecule has 3 heterocycles. The zero-order chi connectivity index (χ0) is 20.9. The maximum atomic E-state index is 13.2. The zero-order valence-electron chi connectivity index (χ0n) is 16.7. The standard InChI is InChI=1S/C21H24FN7O/c1-14(15-4-6-16(22)7-5-15)25-21-27-18(26-19-12-23-8-9-24-19)11-20(28-21)29-10-2-3-17(29)13-30/h4-9,11-12,14,17,30H,2-3,10,13H2,1H3,(H2,24,25,26,27,28)/t14-,17-/m0/s1. The van der Waals surface area contributed by atoms with E-state index >= 15 is 0 Å². The van der Waals surface area contributed by atoms with Gasteiger partial charge >= 0.3 is 0 Å². The molecule has 3 N–H and O–H groups in total. The summed E-state index contributed by atoms with van der Waals surface area (Å²) in [5, 5.41) is 16.2. The Morgan fingerprint density at radius 2 is 2.03 bits per heavy atom. The molecule has 0 spiro atoms. The number of nitrogens with one attached hydrogen (secondary N) is 2. The molecular formula is C21H24FN7O. The highest BCUT2D eigenvalue weighted by atomic mass is 19.1. The molecule has 156 valence electrons. The third-order valence-electron chi connectivity index (χ3n) is 5.13. The summed E-state index contributed by atoms with van der Waals surface area (Å²) in [5.74, 6) is 2.02. The number of aliphatic hydroxyl groups excluding tert-OH is 1. The van der Waals surface area contributed by atoms with Crippen molar-refractivity contribution in [3.8, 4) is 0 Å². The summed E-state index contributed by atoms with van der Waals surface area (Å²) in [6.45, 7) is 2.86. The first-order chi connectivity index (χ1) is 14.6. The van der Waals surface area contributed by atoms with E-state index in [9.17, 15) is 9.50 Å². The van der Waals surface area contributed by atoms with Gasteiger partial charge in [-0.15, -0.1) is 0 Å². The van der Waals surface area contributed by atoms with Gasteiger partial charge in [0.15, 0.2) is 0 Å². The van der Waals surface area contributed by atoms with Gasteiger partial charge < -0.3 is 20.6 Å². The molecule has 9 heteroatoms. The molecule has 0 radical (unpaired) electrons. The Hall–Kier alpha value is -3.33. The van der Waals surface area contributed by atoms with Crippen molar-refractivity contribution in [1.82, 2.24) is 19.9 Å². The number of nitrogens with zero attached hydrogens (tertiary/aromatic N) is 5. The van der Waals surface area contributed by atoms with Crippen molar-refractivity contribution in [3.63, 3.8) is 0 Å². The number of aliphatic hydroxyl groups is 1. The molecule has 1 fully saturated rings. The first kappa shape index (κ1) is 20.0. The van der Waals surface area contributed by atoms with Crippen LogP contribution in [-0.2, 0) is 0 Å². The Balaban J connectivity index is 1.63. The van der Waals surface area contributed by atoms with Crippen LogP contribution in [0.4, 0.5) is 27.8 Å². The highest BCUT2D eigenvalue weighted by molar-refractivity contribution is 5.60. The number of benzene rings is 1. The average molecular weight is 409 g/mol. The van der Waals surface area contributed by atoms with E-state index in [0.717, 1.165) is 30.8 Å². The maximum absolute atomic E-state index is 13.2. The monoisotopic (exact) mass is 409 g/mol. The van der Waals surface area contributed by atoms with Crippen molar-refractivity contribution in [3.05, 3.63) is 60.3 Å². The molecule has 0 aliphatic carbocycles. The van der Waals surface area contributed by atoms with Crippen molar-refractivity contribution < 1.29 is 9.50 Å². The topological polar surface area (TPSA) is 99.1 Å². The quantitative estimate of drug-likeness (QED) is 0.547. The van der Waals surface area contributed by atoms with Gasteiger partial charge in [0.25, 0.3) is 0 Å². The van der Waals surface area contributed by atoms with Gasteiger partial charge in [-0.2, -0.15) is 9.97 Å². The Labute approximate surface area is 174 Å². The molecule has 1 aliphatic rings. The van der Waals surface area contributed by atoms with Gasteiger partial charge in [0.2, 0.25) is 5.95 Å². The third kappa shape index (κ3) is 4.62. The number of hydrogen-bond acceptors (Lipinski definition) is 8. The predicted octanol–water partition coefficient (Wildman–Crippen LogP) is 3.28. The van der Waals surface area contributed by atoms with Crippen molar-refractivity contribution in [2.45, 2.75) is 31.8 Å². The molecular weight excluding hydrogens is 385 g/mol. The van der Waals surface area contributed by atoms with Gasteiger partial charge in [-0.1, -0.05) is 12.1 Å². The average Bonchev–Trinajstić information content (AvgIpc) is 3.24. The smallest absolute Gasteiger partial charge is 0.227 e. The second kappa shape index (κ2) is 9.00. The largest absolute Gasteiger partial charge is 0.394 e. The summed E-state index contributed by atoms with van der Waals surface area (Å²) in [4.78, 5) is 19.6. The molecule has 4 rings (SSSR count). The second-order valence-corrected chi connectivity index (χ2v) is 7.24. The van der Waals surface area contributed by atoms with Crippen molar-refractivity contribution in [2.75, 3.05) is 28.7 Å². The van der Waals surface area contributed by atoms with Crippen LogP contribution in [0, 0.1) is 5.82 Å². The Morgan fingerprint density at radius 3 is 2.77 bits per heavy atom. The molecule has 1 saturated heterocycles.